The number of ether oxygens (including phenoxy) is 1. The maximum Gasteiger partial charge on any atom is 0.410 e. The largest absolute Gasteiger partial charge is 0.444 e. The standard InChI is InChI=1S/C22H24Cl2N2O4/c1-22(2,3)30-21(29)25-10-18(20(28)19(27)11-25)26-16-6-4-12(23)8-14(16)15-9-13(24)5-7-17(15)26/h4-9,18-20,27-28H,10-11H2,1-3H3. The molecule has 8 heteroatoms. The van der Waals surface area contributed by atoms with E-state index in [4.69, 9.17) is 27.9 Å². The SMILES string of the molecule is CC(C)(C)OC(=O)N1CC(O)C(O)C(n2c3ccc(Cl)cc3c3cc(Cl)ccc32)C1. The van der Waals surface area contributed by atoms with Gasteiger partial charge >= 0.3 is 6.09 Å². The van der Waals surface area contributed by atoms with Crippen LogP contribution in [0.2, 0.25) is 10.0 Å². The molecular weight excluding hydrogens is 427 g/mol. The highest BCUT2D eigenvalue weighted by atomic mass is 35.5. The number of hydrogen-bond acceptors (Lipinski definition) is 4. The van der Waals surface area contributed by atoms with E-state index in [0.717, 1.165) is 21.8 Å². The molecule has 6 nitrogen and oxygen atoms in total. The highest BCUT2D eigenvalue weighted by molar-refractivity contribution is 6.33. The second-order valence-corrected chi connectivity index (χ2v) is 9.58. The van der Waals surface area contributed by atoms with Crippen LogP contribution in [0.3, 0.4) is 0 Å². The van der Waals surface area contributed by atoms with E-state index >= 15 is 0 Å². The molecular formula is C22H24Cl2N2O4. The van der Waals surface area contributed by atoms with Gasteiger partial charge in [0.05, 0.1) is 18.7 Å². The Morgan fingerprint density at radius 1 is 1.00 bits per heavy atom. The van der Waals surface area contributed by atoms with Crippen molar-refractivity contribution < 1.29 is 19.7 Å². The van der Waals surface area contributed by atoms with Crippen molar-refractivity contribution >= 4 is 51.1 Å². The van der Waals surface area contributed by atoms with Crippen LogP contribution < -0.4 is 0 Å². The van der Waals surface area contributed by atoms with Crippen molar-refractivity contribution in [3.63, 3.8) is 0 Å². The van der Waals surface area contributed by atoms with Gasteiger partial charge in [0.1, 0.15) is 11.7 Å². The molecule has 3 aromatic rings. The van der Waals surface area contributed by atoms with Crippen LogP contribution in [-0.4, -0.2) is 56.7 Å². The number of hydrogen-bond donors (Lipinski definition) is 2. The van der Waals surface area contributed by atoms with Gasteiger partial charge in [0.15, 0.2) is 0 Å². The summed E-state index contributed by atoms with van der Waals surface area (Å²) < 4.78 is 7.43. The highest BCUT2D eigenvalue weighted by Gasteiger charge is 2.40. The number of likely N-dealkylation sites (tertiary alicyclic amines) is 1. The van der Waals surface area contributed by atoms with Gasteiger partial charge in [-0.2, -0.15) is 0 Å². The van der Waals surface area contributed by atoms with Crippen molar-refractivity contribution in [2.24, 2.45) is 0 Å². The fourth-order valence-corrected chi connectivity index (χ4v) is 4.41. The number of fused-ring (bicyclic) bond motifs is 3. The van der Waals surface area contributed by atoms with E-state index in [1.807, 2.05) is 28.8 Å². The summed E-state index contributed by atoms with van der Waals surface area (Å²) in [4.78, 5) is 14.1. The summed E-state index contributed by atoms with van der Waals surface area (Å²) in [6.07, 6.45) is -2.69. The molecule has 2 heterocycles. The number of aromatic nitrogens is 1. The Morgan fingerprint density at radius 3 is 2.03 bits per heavy atom. The van der Waals surface area contributed by atoms with Gasteiger partial charge in [0, 0.05) is 38.4 Å². The Labute approximate surface area is 184 Å². The smallest absolute Gasteiger partial charge is 0.410 e. The zero-order chi connectivity index (χ0) is 21.8. The van der Waals surface area contributed by atoms with Crippen LogP contribution in [0.25, 0.3) is 21.8 Å². The minimum atomic E-state index is -1.11. The first-order valence-electron chi connectivity index (χ1n) is 9.78. The number of piperidine rings is 1. The average molecular weight is 451 g/mol. The second kappa shape index (κ2) is 7.61. The molecule has 0 spiro atoms. The van der Waals surface area contributed by atoms with Crippen molar-refractivity contribution in [2.75, 3.05) is 13.1 Å². The average Bonchev–Trinajstić information content (AvgIpc) is 2.95. The molecule has 0 bridgehead atoms. The fourth-order valence-electron chi connectivity index (χ4n) is 4.06. The van der Waals surface area contributed by atoms with Gasteiger partial charge in [0.2, 0.25) is 0 Å². The van der Waals surface area contributed by atoms with Crippen molar-refractivity contribution in [3.8, 4) is 0 Å². The first-order valence-corrected chi connectivity index (χ1v) is 10.5. The minimum absolute atomic E-state index is 0.00136. The summed E-state index contributed by atoms with van der Waals surface area (Å²) in [5.74, 6) is 0. The van der Waals surface area contributed by atoms with Crippen molar-refractivity contribution in [3.05, 3.63) is 46.4 Å². The molecule has 3 unspecified atom stereocenters. The van der Waals surface area contributed by atoms with Crippen molar-refractivity contribution in [1.29, 1.82) is 0 Å². The predicted molar refractivity (Wildman–Crippen MR) is 118 cm³/mol. The summed E-state index contributed by atoms with van der Waals surface area (Å²) in [5, 5.41) is 24.3. The molecule has 1 aliphatic heterocycles. The molecule has 0 radical (unpaired) electrons. The molecule has 2 N–H and O–H groups in total. The molecule has 1 aromatic heterocycles. The monoisotopic (exact) mass is 450 g/mol. The number of amides is 1. The Balaban J connectivity index is 1.84. The van der Waals surface area contributed by atoms with Gasteiger partial charge in [-0.15, -0.1) is 0 Å². The Hall–Kier alpha value is -1.99. The molecule has 0 saturated carbocycles. The van der Waals surface area contributed by atoms with Crippen molar-refractivity contribution in [1.82, 2.24) is 9.47 Å². The van der Waals surface area contributed by atoms with Crippen molar-refractivity contribution in [2.45, 2.75) is 44.6 Å². The Morgan fingerprint density at radius 2 is 1.53 bits per heavy atom. The third-order valence-corrected chi connectivity index (χ3v) is 5.78. The first kappa shape index (κ1) is 21.2. The molecule has 4 rings (SSSR count). The quantitative estimate of drug-likeness (QED) is 0.567. The van der Waals surface area contributed by atoms with Gasteiger partial charge < -0.3 is 24.4 Å². The highest BCUT2D eigenvalue weighted by Crippen LogP contribution is 2.37. The van der Waals surface area contributed by atoms with E-state index < -0.39 is 29.9 Å². The van der Waals surface area contributed by atoms with Crippen LogP contribution >= 0.6 is 23.2 Å². The van der Waals surface area contributed by atoms with Crippen LogP contribution in [0.15, 0.2) is 36.4 Å². The number of aliphatic hydroxyl groups is 2. The summed E-state index contributed by atoms with van der Waals surface area (Å²) in [6.45, 7) is 5.56. The second-order valence-electron chi connectivity index (χ2n) is 8.70. The number of β-amino-alcohol motifs (C(OH)–C–C–N with tert-alkyl or cyclic N) is 1. The Kier molecular flexibility index (Phi) is 5.39. The van der Waals surface area contributed by atoms with Crippen LogP contribution in [0, 0.1) is 0 Å². The van der Waals surface area contributed by atoms with Gasteiger partial charge in [-0.05, 0) is 57.2 Å². The number of rotatable bonds is 1. The minimum Gasteiger partial charge on any atom is -0.444 e. The number of benzene rings is 2. The lowest BCUT2D eigenvalue weighted by atomic mass is 9.99. The summed E-state index contributed by atoms with van der Waals surface area (Å²) in [6, 6.07) is 10.4. The lowest BCUT2D eigenvalue weighted by Crippen LogP contribution is -2.55. The van der Waals surface area contributed by atoms with E-state index in [2.05, 4.69) is 0 Å². The number of carbonyl (C=O) groups is 1. The lowest BCUT2D eigenvalue weighted by Gasteiger charge is -2.40. The third kappa shape index (κ3) is 3.85. The first-order chi connectivity index (χ1) is 14.0. The number of halogens is 2. The van der Waals surface area contributed by atoms with Crippen LogP contribution in [-0.2, 0) is 4.74 Å². The van der Waals surface area contributed by atoms with E-state index in [-0.39, 0.29) is 13.1 Å². The molecule has 3 atom stereocenters. The van der Waals surface area contributed by atoms with Crippen LogP contribution in [0.5, 0.6) is 0 Å². The van der Waals surface area contributed by atoms with E-state index in [1.54, 1.807) is 32.9 Å². The van der Waals surface area contributed by atoms with Crippen LogP contribution in [0.4, 0.5) is 4.79 Å². The molecule has 1 amide bonds. The van der Waals surface area contributed by atoms with Crippen LogP contribution in [0.1, 0.15) is 26.8 Å². The Bertz CT molecular complexity index is 1060. The number of aliphatic hydroxyl groups excluding tert-OH is 2. The van der Waals surface area contributed by atoms with E-state index in [1.165, 1.54) is 4.90 Å². The van der Waals surface area contributed by atoms with Gasteiger partial charge in [0.25, 0.3) is 0 Å². The molecule has 1 fully saturated rings. The van der Waals surface area contributed by atoms with Gasteiger partial charge in [-0.3, -0.25) is 0 Å². The predicted octanol–water partition coefficient (Wildman–Crippen LogP) is 4.61. The number of nitrogens with zero attached hydrogens (tertiary/aromatic N) is 2. The zero-order valence-electron chi connectivity index (χ0n) is 17.0. The molecule has 0 aliphatic carbocycles. The maximum absolute atomic E-state index is 12.7. The van der Waals surface area contributed by atoms with Gasteiger partial charge in [-0.25, -0.2) is 4.79 Å². The summed E-state index contributed by atoms with van der Waals surface area (Å²) in [5.41, 5.74) is 1.01. The summed E-state index contributed by atoms with van der Waals surface area (Å²) in [7, 11) is 0. The normalized spacial score (nSPS) is 22.6. The van der Waals surface area contributed by atoms with E-state index in [9.17, 15) is 15.0 Å². The molecule has 2 aromatic carbocycles. The molecule has 160 valence electrons. The molecule has 1 aliphatic rings. The molecule has 30 heavy (non-hydrogen) atoms. The molecule has 1 saturated heterocycles. The summed E-state index contributed by atoms with van der Waals surface area (Å²) >= 11 is 12.5. The topological polar surface area (TPSA) is 74.9 Å². The lowest BCUT2D eigenvalue weighted by molar-refractivity contribution is -0.0704. The fraction of sp³-hybridized carbons (Fsp3) is 0.409. The maximum atomic E-state index is 12.7. The van der Waals surface area contributed by atoms with E-state index in [0.29, 0.717) is 10.0 Å². The zero-order valence-corrected chi connectivity index (χ0v) is 18.5. The van der Waals surface area contributed by atoms with Gasteiger partial charge in [-0.1, -0.05) is 23.2 Å². The number of carbonyl (C=O) groups excluding carboxylic acids is 1. The third-order valence-electron chi connectivity index (χ3n) is 5.31.